The standard InChI is InChI=1S/C15H15NO3S/c17-15(18)12-5-3-6-13(11-12)19-9-4-10-20-14-7-1-2-8-16-14/h1-3,5-8,11H,4,9-10H2,(H,17,18). The van der Waals surface area contributed by atoms with Crippen LogP contribution in [0.3, 0.4) is 0 Å². The van der Waals surface area contributed by atoms with E-state index in [1.54, 1.807) is 36.2 Å². The van der Waals surface area contributed by atoms with Crippen LogP contribution in [0.1, 0.15) is 16.8 Å². The van der Waals surface area contributed by atoms with Gasteiger partial charge in [0.05, 0.1) is 17.2 Å². The first-order valence-electron chi connectivity index (χ1n) is 6.26. The number of ether oxygens (including phenoxy) is 1. The zero-order chi connectivity index (χ0) is 14.2. The fraction of sp³-hybridized carbons (Fsp3) is 0.200. The molecule has 4 nitrogen and oxygen atoms in total. The Kier molecular flexibility index (Phi) is 5.43. The number of aromatic carboxylic acids is 1. The number of thioether (sulfide) groups is 1. The van der Waals surface area contributed by atoms with Gasteiger partial charge in [-0.3, -0.25) is 0 Å². The van der Waals surface area contributed by atoms with Crippen molar-refractivity contribution in [3.63, 3.8) is 0 Å². The van der Waals surface area contributed by atoms with Crippen molar-refractivity contribution in [2.45, 2.75) is 11.4 Å². The summed E-state index contributed by atoms with van der Waals surface area (Å²) in [7, 11) is 0. The first-order valence-corrected chi connectivity index (χ1v) is 7.24. The number of carboxylic acids is 1. The highest BCUT2D eigenvalue weighted by atomic mass is 32.2. The SMILES string of the molecule is O=C(O)c1cccc(OCCCSc2ccccn2)c1. The first-order chi connectivity index (χ1) is 9.75. The molecule has 0 atom stereocenters. The van der Waals surface area contributed by atoms with Crippen molar-refractivity contribution in [2.24, 2.45) is 0 Å². The average molecular weight is 289 g/mol. The second-order valence-electron chi connectivity index (χ2n) is 4.05. The molecule has 1 aromatic heterocycles. The topological polar surface area (TPSA) is 59.4 Å². The van der Waals surface area contributed by atoms with Gasteiger partial charge >= 0.3 is 5.97 Å². The van der Waals surface area contributed by atoms with Gasteiger partial charge in [0.2, 0.25) is 0 Å². The minimum Gasteiger partial charge on any atom is -0.494 e. The van der Waals surface area contributed by atoms with Crippen molar-refractivity contribution < 1.29 is 14.6 Å². The number of benzene rings is 1. The van der Waals surface area contributed by atoms with Crippen molar-refractivity contribution in [3.8, 4) is 5.75 Å². The van der Waals surface area contributed by atoms with E-state index in [2.05, 4.69) is 4.98 Å². The number of hydrogen-bond acceptors (Lipinski definition) is 4. The van der Waals surface area contributed by atoms with Crippen LogP contribution in [0.5, 0.6) is 5.75 Å². The molecule has 0 fully saturated rings. The van der Waals surface area contributed by atoms with Gasteiger partial charge in [0.25, 0.3) is 0 Å². The largest absolute Gasteiger partial charge is 0.494 e. The Morgan fingerprint density at radius 1 is 1.25 bits per heavy atom. The molecule has 1 aromatic carbocycles. The molecule has 0 aliphatic heterocycles. The third-order valence-corrected chi connectivity index (χ3v) is 3.56. The minimum absolute atomic E-state index is 0.241. The van der Waals surface area contributed by atoms with E-state index in [1.807, 2.05) is 18.2 Å². The van der Waals surface area contributed by atoms with Gasteiger partial charge in [-0.2, -0.15) is 0 Å². The Morgan fingerprint density at radius 2 is 2.15 bits per heavy atom. The lowest BCUT2D eigenvalue weighted by atomic mass is 10.2. The number of hydrogen-bond donors (Lipinski definition) is 1. The lowest BCUT2D eigenvalue weighted by Crippen LogP contribution is -2.01. The van der Waals surface area contributed by atoms with Crippen LogP contribution >= 0.6 is 11.8 Å². The van der Waals surface area contributed by atoms with Gasteiger partial charge in [-0.1, -0.05) is 12.1 Å². The van der Waals surface area contributed by atoms with E-state index in [0.29, 0.717) is 12.4 Å². The second kappa shape index (κ2) is 7.55. The van der Waals surface area contributed by atoms with Crippen molar-refractivity contribution in [3.05, 3.63) is 54.2 Å². The van der Waals surface area contributed by atoms with Crippen LogP contribution in [0.15, 0.2) is 53.7 Å². The highest BCUT2D eigenvalue weighted by Gasteiger charge is 2.03. The molecule has 5 heteroatoms. The number of nitrogens with zero attached hydrogens (tertiary/aromatic N) is 1. The Morgan fingerprint density at radius 3 is 2.90 bits per heavy atom. The van der Waals surface area contributed by atoms with E-state index in [-0.39, 0.29) is 5.56 Å². The van der Waals surface area contributed by atoms with E-state index in [4.69, 9.17) is 9.84 Å². The highest BCUT2D eigenvalue weighted by Crippen LogP contribution is 2.16. The molecule has 104 valence electrons. The molecule has 0 aliphatic carbocycles. The van der Waals surface area contributed by atoms with Crippen LogP contribution in [0, 0.1) is 0 Å². The number of aromatic nitrogens is 1. The smallest absolute Gasteiger partial charge is 0.335 e. The molecule has 2 rings (SSSR count). The normalized spacial score (nSPS) is 10.2. The van der Waals surface area contributed by atoms with E-state index in [0.717, 1.165) is 17.2 Å². The zero-order valence-electron chi connectivity index (χ0n) is 10.9. The molecule has 0 saturated heterocycles. The van der Waals surface area contributed by atoms with Gasteiger partial charge in [-0.05, 0) is 36.8 Å². The summed E-state index contributed by atoms with van der Waals surface area (Å²) in [5.74, 6) is 0.559. The van der Waals surface area contributed by atoms with Crippen molar-refractivity contribution >= 4 is 17.7 Å². The Balaban J connectivity index is 1.71. The van der Waals surface area contributed by atoms with Crippen LogP contribution in [-0.2, 0) is 0 Å². The van der Waals surface area contributed by atoms with Gasteiger partial charge in [0, 0.05) is 11.9 Å². The summed E-state index contributed by atoms with van der Waals surface area (Å²) < 4.78 is 5.54. The predicted octanol–water partition coefficient (Wildman–Crippen LogP) is 3.34. The molecule has 0 unspecified atom stereocenters. The molecule has 0 aliphatic rings. The quantitative estimate of drug-likeness (QED) is 0.625. The summed E-state index contributed by atoms with van der Waals surface area (Å²) in [5, 5.41) is 9.88. The van der Waals surface area contributed by atoms with Crippen LogP contribution in [0.4, 0.5) is 0 Å². The predicted molar refractivity (Wildman–Crippen MR) is 78.5 cm³/mol. The van der Waals surface area contributed by atoms with E-state index >= 15 is 0 Å². The molecule has 1 heterocycles. The molecule has 0 saturated carbocycles. The number of carboxylic acid groups (broad SMARTS) is 1. The van der Waals surface area contributed by atoms with Crippen LogP contribution in [-0.4, -0.2) is 28.4 Å². The van der Waals surface area contributed by atoms with E-state index in [1.165, 1.54) is 6.07 Å². The van der Waals surface area contributed by atoms with E-state index < -0.39 is 5.97 Å². The third-order valence-electron chi connectivity index (χ3n) is 2.53. The fourth-order valence-electron chi connectivity index (χ4n) is 1.58. The summed E-state index contributed by atoms with van der Waals surface area (Å²) in [5.41, 5.74) is 0.241. The molecule has 20 heavy (non-hydrogen) atoms. The molecule has 1 N–H and O–H groups in total. The van der Waals surface area contributed by atoms with Gasteiger partial charge in [0.15, 0.2) is 0 Å². The van der Waals surface area contributed by atoms with Gasteiger partial charge in [-0.15, -0.1) is 11.8 Å². The Labute approximate surface area is 121 Å². The fourth-order valence-corrected chi connectivity index (χ4v) is 2.36. The zero-order valence-corrected chi connectivity index (χ0v) is 11.7. The highest BCUT2D eigenvalue weighted by molar-refractivity contribution is 7.99. The number of rotatable bonds is 7. The Bertz CT molecular complexity index is 560. The monoisotopic (exact) mass is 289 g/mol. The maximum atomic E-state index is 10.8. The molecule has 2 aromatic rings. The van der Waals surface area contributed by atoms with Crippen molar-refractivity contribution in [1.29, 1.82) is 0 Å². The third kappa shape index (κ3) is 4.59. The van der Waals surface area contributed by atoms with Gasteiger partial charge < -0.3 is 9.84 Å². The van der Waals surface area contributed by atoms with E-state index in [9.17, 15) is 4.79 Å². The molecule has 0 spiro atoms. The van der Waals surface area contributed by atoms with Gasteiger partial charge in [-0.25, -0.2) is 9.78 Å². The van der Waals surface area contributed by atoms with Crippen LogP contribution < -0.4 is 4.74 Å². The Hall–Kier alpha value is -2.01. The average Bonchev–Trinajstić information content (AvgIpc) is 2.48. The maximum absolute atomic E-state index is 10.8. The summed E-state index contributed by atoms with van der Waals surface area (Å²) in [6.45, 7) is 0.558. The second-order valence-corrected chi connectivity index (χ2v) is 5.17. The summed E-state index contributed by atoms with van der Waals surface area (Å²) in [6, 6.07) is 12.4. The molecular formula is C15H15NO3S. The lowest BCUT2D eigenvalue weighted by Gasteiger charge is -2.06. The summed E-state index contributed by atoms with van der Waals surface area (Å²) in [6.07, 6.45) is 2.65. The number of carbonyl (C=O) groups is 1. The van der Waals surface area contributed by atoms with Crippen LogP contribution in [0.25, 0.3) is 0 Å². The molecular weight excluding hydrogens is 274 g/mol. The van der Waals surface area contributed by atoms with Crippen LogP contribution in [0.2, 0.25) is 0 Å². The summed E-state index contributed by atoms with van der Waals surface area (Å²) in [4.78, 5) is 15.0. The minimum atomic E-state index is -0.943. The van der Waals surface area contributed by atoms with Crippen molar-refractivity contribution in [1.82, 2.24) is 4.98 Å². The number of pyridine rings is 1. The molecule has 0 radical (unpaired) electrons. The van der Waals surface area contributed by atoms with Gasteiger partial charge in [0.1, 0.15) is 5.75 Å². The maximum Gasteiger partial charge on any atom is 0.335 e. The molecule has 0 amide bonds. The first kappa shape index (κ1) is 14.4. The lowest BCUT2D eigenvalue weighted by molar-refractivity contribution is 0.0696. The summed E-state index contributed by atoms with van der Waals surface area (Å²) >= 11 is 1.68. The molecule has 0 bridgehead atoms. The van der Waals surface area contributed by atoms with Crippen molar-refractivity contribution in [2.75, 3.05) is 12.4 Å².